The fourth-order valence-corrected chi connectivity index (χ4v) is 2.00. The van der Waals surface area contributed by atoms with Gasteiger partial charge in [0.1, 0.15) is 11.4 Å². The quantitative estimate of drug-likeness (QED) is 0.799. The molecule has 0 atom stereocenters. The summed E-state index contributed by atoms with van der Waals surface area (Å²) >= 11 is 0. The van der Waals surface area contributed by atoms with Crippen molar-refractivity contribution in [1.29, 1.82) is 0 Å². The molecule has 1 aromatic carbocycles. The van der Waals surface area contributed by atoms with Gasteiger partial charge in [-0.2, -0.15) is 5.10 Å². The number of aromatic nitrogens is 2. The molecule has 6 nitrogen and oxygen atoms in total. The summed E-state index contributed by atoms with van der Waals surface area (Å²) in [4.78, 5) is 11.9. The molecule has 0 aliphatic rings. The molecule has 0 fully saturated rings. The number of unbranched alkanes of at least 4 members (excludes halogenated alkanes) is 1. The van der Waals surface area contributed by atoms with E-state index in [1.807, 2.05) is 30.3 Å². The number of hydrogen-bond donors (Lipinski definition) is 2. The van der Waals surface area contributed by atoms with Crippen LogP contribution in [0.25, 0.3) is 0 Å². The molecule has 1 aromatic heterocycles. The van der Waals surface area contributed by atoms with Crippen LogP contribution in [0.15, 0.2) is 30.3 Å². The smallest absolute Gasteiger partial charge is 0.345 e. The Hall–Kier alpha value is -2.50. The number of anilines is 3. The Morgan fingerprint density at radius 1 is 1.38 bits per heavy atom. The van der Waals surface area contributed by atoms with Crippen LogP contribution in [-0.4, -0.2) is 22.9 Å². The van der Waals surface area contributed by atoms with E-state index in [1.54, 1.807) is 4.68 Å². The molecule has 0 saturated heterocycles. The van der Waals surface area contributed by atoms with Crippen LogP contribution < -0.4 is 11.1 Å². The first-order valence-corrected chi connectivity index (χ1v) is 6.94. The van der Waals surface area contributed by atoms with Gasteiger partial charge in [0.05, 0.1) is 7.11 Å². The van der Waals surface area contributed by atoms with E-state index in [4.69, 9.17) is 10.5 Å². The molecule has 0 spiro atoms. The fraction of sp³-hybridized carbons (Fsp3) is 0.333. The lowest BCUT2D eigenvalue weighted by Gasteiger charge is -2.04. The van der Waals surface area contributed by atoms with Crippen molar-refractivity contribution < 1.29 is 9.53 Å². The number of ether oxygens (including phenoxy) is 1. The number of para-hydroxylation sites is 1. The highest BCUT2D eigenvalue weighted by Crippen LogP contribution is 2.26. The van der Waals surface area contributed by atoms with E-state index < -0.39 is 5.97 Å². The summed E-state index contributed by atoms with van der Waals surface area (Å²) in [6, 6.07) is 9.50. The summed E-state index contributed by atoms with van der Waals surface area (Å²) in [5, 5.41) is 7.50. The van der Waals surface area contributed by atoms with Crippen LogP contribution in [-0.2, 0) is 11.3 Å². The third-order valence-corrected chi connectivity index (χ3v) is 3.14. The van der Waals surface area contributed by atoms with Gasteiger partial charge < -0.3 is 15.8 Å². The van der Waals surface area contributed by atoms with E-state index in [0.29, 0.717) is 18.2 Å². The van der Waals surface area contributed by atoms with Crippen molar-refractivity contribution in [3.05, 3.63) is 35.9 Å². The van der Waals surface area contributed by atoms with Crippen LogP contribution in [0.1, 0.15) is 30.1 Å². The zero-order chi connectivity index (χ0) is 15.2. The van der Waals surface area contributed by atoms with Gasteiger partial charge in [-0.1, -0.05) is 31.5 Å². The molecule has 112 valence electrons. The number of nitrogens with zero attached hydrogens (tertiary/aromatic N) is 2. The van der Waals surface area contributed by atoms with Gasteiger partial charge in [0, 0.05) is 12.2 Å². The highest BCUT2D eigenvalue weighted by molar-refractivity contribution is 6.00. The monoisotopic (exact) mass is 288 g/mol. The van der Waals surface area contributed by atoms with E-state index in [2.05, 4.69) is 17.3 Å². The Kier molecular flexibility index (Phi) is 4.81. The predicted octanol–water partition coefficient (Wildman–Crippen LogP) is 2.80. The normalized spacial score (nSPS) is 10.4. The van der Waals surface area contributed by atoms with Gasteiger partial charge in [-0.15, -0.1) is 0 Å². The maximum Gasteiger partial charge on any atom is 0.345 e. The van der Waals surface area contributed by atoms with Gasteiger partial charge in [-0.25, -0.2) is 9.48 Å². The van der Waals surface area contributed by atoms with E-state index in [0.717, 1.165) is 18.5 Å². The summed E-state index contributed by atoms with van der Waals surface area (Å²) < 4.78 is 6.44. The highest BCUT2D eigenvalue weighted by Gasteiger charge is 2.22. The SMILES string of the molecule is CCCCn1nc(Nc2ccccc2)c(C(=O)OC)c1N. The lowest BCUT2D eigenvalue weighted by atomic mass is 10.2. The van der Waals surface area contributed by atoms with Crippen LogP contribution in [0.3, 0.4) is 0 Å². The third-order valence-electron chi connectivity index (χ3n) is 3.14. The molecule has 0 aliphatic carbocycles. The average Bonchev–Trinajstić information content (AvgIpc) is 2.81. The summed E-state index contributed by atoms with van der Waals surface area (Å²) in [6.07, 6.45) is 1.96. The molecule has 0 saturated carbocycles. The molecule has 1 heterocycles. The Labute approximate surface area is 123 Å². The number of nitrogen functional groups attached to an aromatic ring is 1. The van der Waals surface area contributed by atoms with Gasteiger partial charge >= 0.3 is 5.97 Å². The first kappa shape index (κ1) is 14.9. The number of nitrogens with two attached hydrogens (primary N) is 1. The van der Waals surface area contributed by atoms with Gasteiger partial charge in [0.15, 0.2) is 5.82 Å². The van der Waals surface area contributed by atoms with Gasteiger partial charge in [0.2, 0.25) is 0 Å². The summed E-state index contributed by atoms with van der Waals surface area (Å²) in [5.41, 5.74) is 7.15. The maximum atomic E-state index is 11.9. The topological polar surface area (TPSA) is 82.2 Å². The Morgan fingerprint density at radius 3 is 2.71 bits per heavy atom. The Bertz CT molecular complexity index is 608. The van der Waals surface area contributed by atoms with E-state index in [1.165, 1.54) is 7.11 Å². The van der Waals surface area contributed by atoms with Crippen molar-refractivity contribution in [2.24, 2.45) is 0 Å². The van der Waals surface area contributed by atoms with Crippen LogP contribution in [0.4, 0.5) is 17.3 Å². The Balaban J connectivity index is 2.35. The maximum absolute atomic E-state index is 11.9. The number of aryl methyl sites for hydroxylation is 1. The van der Waals surface area contributed by atoms with Crippen LogP contribution >= 0.6 is 0 Å². The van der Waals surface area contributed by atoms with Crippen LogP contribution in [0.2, 0.25) is 0 Å². The van der Waals surface area contributed by atoms with E-state index in [-0.39, 0.29) is 5.56 Å². The number of esters is 1. The second-order valence-electron chi connectivity index (χ2n) is 4.67. The molecule has 3 N–H and O–H groups in total. The molecule has 0 unspecified atom stereocenters. The zero-order valence-corrected chi connectivity index (χ0v) is 12.3. The number of carbonyl (C=O) groups excluding carboxylic acids is 1. The molecule has 0 bridgehead atoms. The second kappa shape index (κ2) is 6.78. The van der Waals surface area contributed by atoms with Crippen molar-refractivity contribution in [2.75, 3.05) is 18.2 Å². The number of carbonyl (C=O) groups is 1. The molecular weight excluding hydrogens is 268 g/mol. The van der Waals surface area contributed by atoms with E-state index in [9.17, 15) is 4.79 Å². The summed E-state index contributed by atoms with van der Waals surface area (Å²) in [6.45, 7) is 2.76. The number of nitrogens with one attached hydrogen (secondary N) is 1. The predicted molar refractivity (Wildman–Crippen MR) is 82.6 cm³/mol. The van der Waals surface area contributed by atoms with Crippen molar-refractivity contribution in [1.82, 2.24) is 9.78 Å². The summed E-state index contributed by atoms with van der Waals surface area (Å²) in [7, 11) is 1.33. The third kappa shape index (κ3) is 3.34. The number of benzene rings is 1. The molecule has 6 heteroatoms. The fourth-order valence-electron chi connectivity index (χ4n) is 2.00. The molecule has 21 heavy (non-hydrogen) atoms. The summed E-state index contributed by atoms with van der Waals surface area (Å²) in [5.74, 6) is 0.254. The molecule has 2 rings (SSSR count). The Morgan fingerprint density at radius 2 is 2.10 bits per heavy atom. The zero-order valence-electron chi connectivity index (χ0n) is 12.3. The molecule has 2 aromatic rings. The van der Waals surface area contributed by atoms with Crippen molar-refractivity contribution in [2.45, 2.75) is 26.3 Å². The minimum absolute atomic E-state index is 0.275. The number of methoxy groups -OCH3 is 1. The van der Waals surface area contributed by atoms with Gasteiger partial charge in [-0.05, 0) is 18.6 Å². The molecular formula is C15H20N4O2. The minimum atomic E-state index is -0.492. The van der Waals surface area contributed by atoms with Gasteiger partial charge in [0.25, 0.3) is 0 Å². The minimum Gasteiger partial charge on any atom is -0.465 e. The van der Waals surface area contributed by atoms with Crippen molar-refractivity contribution in [3.63, 3.8) is 0 Å². The highest BCUT2D eigenvalue weighted by atomic mass is 16.5. The standard InChI is InChI=1S/C15H20N4O2/c1-3-4-10-19-13(16)12(15(20)21-2)14(18-19)17-11-8-6-5-7-9-11/h5-9H,3-4,10,16H2,1-2H3,(H,17,18). The van der Waals surface area contributed by atoms with Crippen molar-refractivity contribution >= 4 is 23.3 Å². The number of rotatable bonds is 6. The number of hydrogen-bond acceptors (Lipinski definition) is 5. The first-order valence-electron chi connectivity index (χ1n) is 6.94. The molecule has 0 radical (unpaired) electrons. The van der Waals surface area contributed by atoms with Crippen LogP contribution in [0, 0.1) is 0 Å². The first-order chi connectivity index (χ1) is 10.2. The lowest BCUT2D eigenvalue weighted by molar-refractivity contribution is 0.0603. The second-order valence-corrected chi connectivity index (χ2v) is 4.67. The molecule has 0 aliphatic heterocycles. The largest absolute Gasteiger partial charge is 0.465 e. The van der Waals surface area contributed by atoms with Crippen molar-refractivity contribution in [3.8, 4) is 0 Å². The van der Waals surface area contributed by atoms with Crippen LogP contribution in [0.5, 0.6) is 0 Å². The molecule has 0 amide bonds. The lowest BCUT2D eigenvalue weighted by Crippen LogP contribution is -2.09. The van der Waals surface area contributed by atoms with Gasteiger partial charge in [-0.3, -0.25) is 0 Å². The average molecular weight is 288 g/mol. The van der Waals surface area contributed by atoms with E-state index >= 15 is 0 Å².